The summed E-state index contributed by atoms with van der Waals surface area (Å²) in [6.45, 7) is 10.3. The summed E-state index contributed by atoms with van der Waals surface area (Å²) in [6, 6.07) is 15.6. The Kier molecular flexibility index (Phi) is 7.07. The Morgan fingerprint density at radius 2 is 1.58 bits per heavy atom. The molecule has 0 aromatic heterocycles. The molecule has 140 valence electrons. The van der Waals surface area contributed by atoms with Crippen molar-refractivity contribution in [3.63, 3.8) is 0 Å². The highest BCUT2D eigenvalue weighted by atomic mass is 16.5. The second-order valence-electron chi connectivity index (χ2n) is 6.94. The summed E-state index contributed by atoms with van der Waals surface area (Å²) in [4.78, 5) is 12.4. The molecule has 4 nitrogen and oxygen atoms in total. The molecule has 0 aliphatic rings. The summed E-state index contributed by atoms with van der Waals surface area (Å²) in [7, 11) is 0. The monoisotopic (exact) mass is 355 g/mol. The molecule has 4 heteroatoms. The number of aryl methyl sites for hydroxylation is 1. The smallest absolute Gasteiger partial charge is 0.261 e. The second kappa shape index (κ2) is 9.27. The minimum atomic E-state index is -0.573. The lowest BCUT2D eigenvalue weighted by Crippen LogP contribution is -2.43. The predicted molar refractivity (Wildman–Crippen MR) is 105 cm³/mol. The lowest BCUT2D eigenvalue weighted by atomic mass is 10.0. The van der Waals surface area contributed by atoms with Crippen molar-refractivity contribution in [3.8, 4) is 11.5 Å². The second-order valence-corrected chi connectivity index (χ2v) is 6.94. The van der Waals surface area contributed by atoms with Gasteiger partial charge >= 0.3 is 0 Å². The number of nitrogens with one attached hydrogen (secondary N) is 1. The van der Waals surface area contributed by atoms with Gasteiger partial charge in [0.25, 0.3) is 5.91 Å². The van der Waals surface area contributed by atoms with Crippen molar-refractivity contribution in [2.24, 2.45) is 0 Å². The Bertz CT molecular complexity index is 727. The molecule has 26 heavy (non-hydrogen) atoms. The highest BCUT2D eigenvalue weighted by molar-refractivity contribution is 5.81. The first-order valence-electron chi connectivity index (χ1n) is 9.13. The summed E-state index contributed by atoms with van der Waals surface area (Å²) >= 11 is 0. The molecular formula is C22H29NO3. The highest BCUT2D eigenvalue weighted by Gasteiger charge is 2.19. The van der Waals surface area contributed by atoms with Crippen molar-refractivity contribution in [2.75, 3.05) is 6.61 Å². The van der Waals surface area contributed by atoms with E-state index in [1.165, 1.54) is 0 Å². The quantitative estimate of drug-likeness (QED) is 0.760. The molecule has 0 heterocycles. The number of carbonyl (C=O) groups is 1. The van der Waals surface area contributed by atoms with Gasteiger partial charge in [-0.3, -0.25) is 4.79 Å². The largest absolute Gasteiger partial charge is 0.491 e. The van der Waals surface area contributed by atoms with Crippen LogP contribution in [-0.2, 0) is 4.79 Å². The van der Waals surface area contributed by atoms with Crippen LogP contribution >= 0.6 is 0 Å². The number of hydrogen-bond donors (Lipinski definition) is 1. The van der Waals surface area contributed by atoms with Crippen LogP contribution in [0.1, 0.15) is 44.7 Å². The van der Waals surface area contributed by atoms with E-state index in [1.807, 2.05) is 62.4 Å². The third-order valence-electron chi connectivity index (χ3n) is 4.19. The van der Waals surface area contributed by atoms with Gasteiger partial charge in [-0.25, -0.2) is 0 Å². The molecule has 2 unspecified atom stereocenters. The van der Waals surface area contributed by atoms with E-state index in [1.54, 1.807) is 6.92 Å². The minimum Gasteiger partial charge on any atom is -0.491 e. The Morgan fingerprint density at radius 3 is 2.23 bits per heavy atom. The van der Waals surface area contributed by atoms with Crippen LogP contribution in [0.15, 0.2) is 48.5 Å². The van der Waals surface area contributed by atoms with Crippen LogP contribution in [0.2, 0.25) is 0 Å². The van der Waals surface area contributed by atoms with Gasteiger partial charge in [0.2, 0.25) is 0 Å². The number of para-hydroxylation sites is 2. The van der Waals surface area contributed by atoms with E-state index in [-0.39, 0.29) is 11.9 Å². The third-order valence-corrected chi connectivity index (χ3v) is 4.19. The van der Waals surface area contributed by atoms with Gasteiger partial charge < -0.3 is 14.8 Å². The van der Waals surface area contributed by atoms with Crippen molar-refractivity contribution in [1.82, 2.24) is 5.32 Å². The van der Waals surface area contributed by atoms with E-state index in [9.17, 15) is 4.79 Å². The van der Waals surface area contributed by atoms with Gasteiger partial charge in [0.1, 0.15) is 18.1 Å². The molecule has 0 aliphatic carbocycles. The average Bonchev–Trinajstić information content (AvgIpc) is 2.61. The van der Waals surface area contributed by atoms with E-state index in [0.717, 1.165) is 22.6 Å². The lowest BCUT2D eigenvalue weighted by molar-refractivity contribution is -0.128. The van der Waals surface area contributed by atoms with Crippen molar-refractivity contribution in [2.45, 2.75) is 52.7 Å². The third kappa shape index (κ3) is 5.51. The number of ether oxygens (including phenoxy) is 2. The van der Waals surface area contributed by atoms with Gasteiger partial charge in [0.15, 0.2) is 6.10 Å². The Hall–Kier alpha value is -2.49. The molecule has 0 aliphatic heterocycles. The summed E-state index contributed by atoms with van der Waals surface area (Å²) in [6.07, 6.45) is -0.573. The first-order chi connectivity index (χ1) is 12.4. The van der Waals surface area contributed by atoms with Gasteiger partial charge in [-0.1, -0.05) is 50.2 Å². The maximum Gasteiger partial charge on any atom is 0.261 e. The molecule has 2 rings (SSSR count). The van der Waals surface area contributed by atoms with Crippen molar-refractivity contribution >= 4 is 5.91 Å². The van der Waals surface area contributed by atoms with Gasteiger partial charge in [-0.2, -0.15) is 0 Å². The number of benzene rings is 2. The maximum atomic E-state index is 12.4. The van der Waals surface area contributed by atoms with E-state index in [0.29, 0.717) is 12.5 Å². The van der Waals surface area contributed by atoms with Crippen LogP contribution in [0.25, 0.3) is 0 Å². The first kappa shape index (κ1) is 19.8. The van der Waals surface area contributed by atoms with E-state index in [4.69, 9.17) is 9.47 Å². The first-order valence-corrected chi connectivity index (χ1v) is 9.13. The highest BCUT2D eigenvalue weighted by Crippen LogP contribution is 2.26. The van der Waals surface area contributed by atoms with Crippen LogP contribution in [0.4, 0.5) is 0 Å². The average molecular weight is 355 g/mol. The van der Waals surface area contributed by atoms with Gasteiger partial charge in [0, 0.05) is 0 Å². The van der Waals surface area contributed by atoms with Gasteiger partial charge in [-0.15, -0.1) is 0 Å². The zero-order valence-corrected chi connectivity index (χ0v) is 16.3. The van der Waals surface area contributed by atoms with Crippen LogP contribution in [-0.4, -0.2) is 24.7 Å². The fraction of sp³-hybridized carbons (Fsp3) is 0.409. The Morgan fingerprint density at radius 1 is 0.962 bits per heavy atom. The summed E-state index contributed by atoms with van der Waals surface area (Å²) < 4.78 is 11.7. The molecule has 0 saturated carbocycles. The minimum absolute atomic E-state index is 0.117. The van der Waals surface area contributed by atoms with Gasteiger partial charge in [0.05, 0.1) is 6.04 Å². The Balaban J connectivity index is 1.87. The molecule has 1 N–H and O–H groups in total. The molecule has 2 aromatic carbocycles. The summed E-state index contributed by atoms with van der Waals surface area (Å²) in [5.41, 5.74) is 2.18. The standard InChI is InChI=1S/C22H29NO3/c1-15(2)19-11-7-9-13-21(19)26-18(5)22(24)23-17(4)14-25-20-12-8-6-10-16(20)3/h6-13,15,17-18H,14H2,1-5H3,(H,23,24). The van der Waals surface area contributed by atoms with Crippen molar-refractivity contribution in [1.29, 1.82) is 0 Å². The molecule has 0 radical (unpaired) electrons. The van der Waals surface area contributed by atoms with Crippen molar-refractivity contribution in [3.05, 3.63) is 59.7 Å². The van der Waals surface area contributed by atoms with Crippen molar-refractivity contribution < 1.29 is 14.3 Å². The van der Waals surface area contributed by atoms with Gasteiger partial charge in [-0.05, 0) is 49.9 Å². The number of rotatable bonds is 8. The summed E-state index contributed by atoms with van der Waals surface area (Å²) in [5.74, 6) is 1.78. The van der Waals surface area contributed by atoms with Crippen LogP contribution < -0.4 is 14.8 Å². The maximum absolute atomic E-state index is 12.4. The predicted octanol–water partition coefficient (Wildman–Crippen LogP) is 4.47. The SMILES string of the molecule is Cc1ccccc1OCC(C)NC(=O)C(C)Oc1ccccc1C(C)C. The zero-order chi connectivity index (χ0) is 19.1. The van der Waals surface area contributed by atoms with Crippen LogP contribution in [0, 0.1) is 6.92 Å². The van der Waals surface area contributed by atoms with E-state index in [2.05, 4.69) is 19.2 Å². The molecule has 2 atom stereocenters. The number of amides is 1. The molecular weight excluding hydrogens is 326 g/mol. The molecule has 0 fully saturated rings. The van der Waals surface area contributed by atoms with E-state index < -0.39 is 6.10 Å². The fourth-order valence-electron chi connectivity index (χ4n) is 2.64. The number of hydrogen-bond acceptors (Lipinski definition) is 3. The molecule has 0 saturated heterocycles. The normalized spacial score (nSPS) is 13.2. The summed E-state index contributed by atoms with van der Waals surface area (Å²) in [5, 5.41) is 2.95. The van der Waals surface area contributed by atoms with Crippen LogP contribution in [0.5, 0.6) is 11.5 Å². The number of carbonyl (C=O) groups excluding carboxylic acids is 1. The molecule has 0 spiro atoms. The zero-order valence-electron chi connectivity index (χ0n) is 16.3. The molecule has 1 amide bonds. The van der Waals surface area contributed by atoms with E-state index >= 15 is 0 Å². The molecule has 2 aromatic rings. The lowest BCUT2D eigenvalue weighted by Gasteiger charge is -2.21. The topological polar surface area (TPSA) is 47.6 Å². The van der Waals surface area contributed by atoms with Crippen LogP contribution in [0.3, 0.4) is 0 Å². The Labute approximate surface area is 156 Å². The molecule has 0 bridgehead atoms. The fourth-order valence-corrected chi connectivity index (χ4v) is 2.64.